The Morgan fingerprint density at radius 2 is 2.00 bits per heavy atom. The van der Waals surface area contributed by atoms with E-state index in [1.54, 1.807) is 18.5 Å². The van der Waals surface area contributed by atoms with Gasteiger partial charge in [-0.25, -0.2) is 15.0 Å². The summed E-state index contributed by atoms with van der Waals surface area (Å²) in [6, 6.07) is 10.0. The lowest BCUT2D eigenvalue weighted by molar-refractivity contribution is 0.174. The second-order valence-corrected chi connectivity index (χ2v) is 9.45. The molecule has 0 spiro atoms. The normalized spacial score (nSPS) is 16.9. The van der Waals surface area contributed by atoms with Crippen LogP contribution in [0.4, 0.5) is 11.8 Å². The number of rotatable bonds is 6. The molecule has 4 heterocycles. The van der Waals surface area contributed by atoms with Gasteiger partial charge in [0.15, 0.2) is 21.8 Å². The van der Waals surface area contributed by atoms with Gasteiger partial charge in [0.1, 0.15) is 10.8 Å². The van der Waals surface area contributed by atoms with Crippen LogP contribution in [0.1, 0.15) is 31.7 Å². The van der Waals surface area contributed by atoms with E-state index in [1.165, 1.54) is 18.2 Å². The third-order valence-corrected chi connectivity index (χ3v) is 6.70. The van der Waals surface area contributed by atoms with E-state index in [0.29, 0.717) is 28.8 Å². The van der Waals surface area contributed by atoms with Gasteiger partial charge < -0.3 is 25.0 Å². The molecule has 1 saturated heterocycles. The van der Waals surface area contributed by atoms with E-state index in [1.807, 2.05) is 24.3 Å². The van der Waals surface area contributed by atoms with Gasteiger partial charge in [0.05, 0.1) is 0 Å². The van der Waals surface area contributed by atoms with E-state index in [9.17, 15) is 0 Å². The van der Waals surface area contributed by atoms with E-state index < -0.39 is 0 Å². The Morgan fingerprint density at radius 1 is 1.15 bits per heavy atom. The minimum absolute atomic E-state index is 0.254. The van der Waals surface area contributed by atoms with Crippen LogP contribution in [0, 0.1) is 0 Å². The molecule has 0 saturated carbocycles. The van der Waals surface area contributed by atoms with Crippen LogP contribution in [-0.4, -0.2) is 44.4 Å². The molecule has 0 amide bonds. The van der Waals surface area contributed by atoms with Crippen LogP contribution in [0.15, 0.2) is 52.9 Å². The van der Waals surface area contributed by atoms with E-state index in [4.69, 9.17) is 26.7 Å². The number of nitrogens with one attached hydrogen (secondary N) is 2. The lowest BCUT2D eigenvalue weighted by Crippen LogP contribution is -2.38. The molecule has 176 valence electrons. The average Bonchev–Trinajstić information content (AvgIpc) is 3.31. The van der Waals surface area contributed by atoms with Crippen molar-refractivity contribution in [3.8, 4) is 11.5 Å². The number of thiocarbonyl (C=S) groups is 1. The largest absolute Gasteiger partial charge is 0.454 e. The van der Waals surface area contributed by atoms with E-state index >= 15 is 0 Å². The van der Waals surface area contributed by atoms with Gasteiger partial charge in [-0.2, -0.15) is 4.98 Å². The summed E-state index contributed by atoms with van der Waals surface area (Å²) in [6.45, 7) is 3.99. The van der Waals surface area contributed by atoms with Gasteiger partial charge >= 0.3 is 0 Å². The number of hydrogen-bond donors (Lipinski definition) is 2. The number of benzene rings is 1. The van der Waals surface area contributed by atoms with Crippen molar-refractivity contribution in [3.63, 3.8) is 0 Å². The van der Waals surface area contributed by atoms with Crippen LogP contribution in [0.5, 0.6) is 11.5 Å². The van der Waals surface area contributed by atoms with Crippen molar-refractivity contribution in [2.24, 2.45) is 0 Å². The number of fused-ring (bicyclic) bond motifs is 1. The van der Waals surface area contributed by atoms with Crippen molar-refractivity contribution < 1.29 is 9.47 Å². The molecule has 2 aliphatic rings. The zero-order valence-electron chi connectivity index (χ0n) is 18.7. The highest BCUT2D eigenvalue weighted by Gasteiger charge is 2.22. The van der Waals surface area contributed by atoms with Gasteiger partial charge in [-0.3, -0.25) is 0 Å². The molecule has 3 aromatic rings. The standard InChI is InChI=1S/C23H25N7O2S2/c1-15-5-2-3-10-30(15)19-12-20(34-23-24-8-4-9-25-23)28-21(27-19)29-22(33)26-13-16-6-7-17-18(11-16)32-14-31-17/h4,6-9,11-12,15H,2-3,5,10,13-14H2,1H3,(H2,26,27,28,29,33). The van der Waals surface area contributed by atoms with Gasteiger partial charge in [0, 0.05) is 37.6 Å². The Balaban J connectivity index is 1.31. The summed E-state index contributed by atoms with van der Waals surface area (Å²) in [5, 5.41) is 8.19. The first-order valence-electron chi connectivity index (χ1n) is 11.2. The second kappa shape index (κ2) is 10.4. The molecule has 1 aromatic carbocycles. The fourth-order valence-corrected chi connectivity index (χ4v) is 4.79. The Bertz CT molecular complexity index is 1170. The summed E-state index contributed by atoms with van der Waals surface area (Å²) in [5.41, 5.74) is 1.03. The zero-order chi connectivity index (χ0) is 23.3. The smallest absolute Gasteiger partial charge is 0.232 e. The molecule has 9 nitrogen and oxygen atoms in total. The Labute approximate surface area is 207 Å². The fourth-order valence-electron chi connectivity index (χ4n) is 3.92. The van der Waals surface area contributed by atoms with Crippen LogP contribution in [0.25, 0.3) is 0 Å². The van der Waals surface area contributed by atoms with Crippen molar-refractivity contribution in [2.45, 2.75) is 49.0 Å². The first kappa shape index (κ1) is 22.6. The van der Waals surface area contributed by atoms with E-state index in [-0.39, 0.29) is 6.79 Å². The topological polar surface area (TPSA) is 97.3 Å². The lowest BCUT2D eigenvalue weighted by Gasteiger charge is -2.34. The molecule has 0 aliphatic carbocycles. The highest BCUT2D eigenvalue weighted by Crippen LogP contribution is 2.32. The minimum atomic E-state index is 0.254. The minimum Gasteiger partial charge on any atom is -0.454 e. The van der Waals surface area contributed by atoms with E-state index in [0.717, 1.165) is 47.3 Å². The van der Waals surface area contributed by atoms with Crippen molar-refractivity contribution in [2.75, 3.05) is 23.6 Å². The highest BCUT2D eigenvalue weighted by atomic mass is 32.2. The number of piperidine rings is 1. The number of nitrogens with zero attached hydrogens (tertiary/aromatic N) is 5. The van der Waals surface area contributed by atoms with Crippen molar-refractivity contribution >= 4 is 40.9 Å². The molecule has 11 heteroatoms. The van der Waals surface area contributed by atoms with Crippen molar-refractivity contribution in [1.82, 2.24) is 25.3 Å². The molecule has 0 radical (unpaired) electrons. The van der Waals surface area contributed by atoms with Crippen molar-refractivity contribution in [1.29, 1.82) is 0 Å². The maximum Gasteiger partial charge on any atom is 0.232 e. The number of aromatic nitrogens is 4. The molecule has 2 aromatic heterocycles. The van der Waals surface area contributed by atoms with Crippen molar-refractivity contribution in [3.05, 3.63) is 48.3 Å². The summed E-state index contributed by atoms with van der Waals surface area (Å²) < 4.78 is 10.8. The molecular formula is C23H25N7O2S2. The first-order valence-corrected chi connectivity index (χ1v) is 12.4. The summed E-state index contributed by atoms with van der Waals surface area (Å²) in [6.07, 6.45) is 6.97. The summed E-state index contributed by atoms with van der Waals surface area (Å²) in [4.78, 5) is 20.4. The second-order valence-electron chi connectivity index (χ2n) is 8.05. The van der Waals surface area contributed by atoms with Crippen LogP contribution < -0.4 is 25.0 Å². The maximum atomic E-state index is 5.53. The Morgan fingerprint density at radius 3 is 2.85 bits per heavy atom. The van der Waals surface area contributed by atoms with Crippen LogP contribution >= 0.6 is 24.0 Å². The van der Waals surface area contributed by atoms with Crippen LogP contribution in [0.3, 0.4) is 0 Å². The summed E-state index contributed by atoms with van der Waals surface area (Å²) in [5.74, 6) is 2.82. The van der Waals surface area contributed by atoms with Gasteiger partial charge in [0.25, 0.3) is 0 Å². The molecule has 1 unspecified atom stereocenters. The predicted molar refractivity (Wildman–Crippen MR) is 134 cm³/mol. The first-order chi connectivity index (χ1) is 16.6. The maximum absolute atomic E-state index is 5.53. The molecule has 5 rings (SSSR count). The van der Waals surface area contributed by atoms with Gasteiger partial charge in [-0.15, -0.1) is 0 Å². The number of hydrogen-bond acceptors (Lipinski definition) is 9. The molecule has 2 N–H and O–H groups in total. The molecule has 0 bridgehead atoms. The highest BCUT2D eigenvalue weighted by molar-refractivity contribution is 7.99. The number of anilines is 2. The Hall–Kier alpha value is -3.18. The fraction of sp³-hybridized carbons (Fsp3) is 0.348. The molecular weight excluding hydrogens is 470 g/mol. The monoisotopic (exact) mass is 495 g/mol. The Kier molecular flexibility index (Phi) is 6.91. The quantitative estimate of drug-likeness (QED) is 0.295. The third kappa shape index (κ3) is 5.48. The average molecular weight is 496 g/mol. The predicted octanol–water partition coefficient (Wildman–Crippen LogP) is 4.01. The van der Waals surface area contributed by atoms with Crippen LogP contribution in [0.2, 0.25) is 0 Å². The molecule has 1 fully saturated rings. The van der Waals surface area contributed by atoms with Gasteiger partial charge in [-0.05, 0) is 73.9 Å². The third-order valence-electron chi connectivity index (χ3n) is 5.64. The molecule has 34 heavy (non-hydrogen) atoms. The molecule has 1 atom stereocenters. The van der Waals surface area contributed by atoms with Gasteiger partial charge in [0.2, 0.25) is 12.7 Å². The SMILES string of the molecule is CC1CCCCN1c1cc(Sc2ncccn2)nc(NC(=S)NCc2ccc3c(c2)OCO3)n1. The summed E-state index contributed by atoms with van der Waals surface area (Å²) in [7, 11) is 0. The molecule has 2 aliphatic heterocycles. The van der Waals surface area contributed by atoms with E-state index in [2.05, 4.69) is 37.4 Å². The zero-order valence-corrected chi connectivity index (χ0v) is 20.4. The van der Waals surface area contributed by atoms with Gasteiger partial charge in [-0.1, -0.05) is 6.07 Å². The summed E-state index contributed by atoms with van der Waals surface area (Å²) >= 11 is 6.93. The van der Waals surface area contributed by atoms with Crippen LogP contribution in [-0.2, 0) is 6.54 Å². The number of ether oxygens (including phenoxy) is 2. The lowest BCUT2D eigenvalue weighted by atomic mass is 10.0.